The van der Waals surface area contributed by atoms with Crippen molar-refractivity contribution in [2.24, 2.45) is 5.41 Å². The first-order valence-electron chi connectivity index (χ1n) is 23.9. The first-order chi connectivity index (χ1) is 32.3. The highest BCUT2D eigenvalue weighted by molar-refractivity contribution is 6.26. The lowest BCUT2D eigenvalue weighted by Crippen LogP contribution is -2.36. The number of rotatable bonds is 4. The summed E-state index contributed by atoms with van der Waals surface area (Å²) < 4.78 is 0. The number of anilines is 4. The molecule has 2 aliphatic carbocycles. The van der Waals surface area contributed by atoms with E-state index in [9.17, 15) is 0 Å². The molecule has 0 amide bonds. The van der Waals surface area contributed by atoms with Crippen LogP contribution < -0.4 is 9.80 Å². The molecular weight excluding hydrogens is 797 g/mol. The van der Waals surface area contributed by atoms with Crippen LogP contribution in [0.15, 0.2) is 217 Å². The maximum atomic E-state index is 2.64. The summed E-state index contributed by atoms with van der Waals surface area (Å²) in [6.07, 6.45) is 13.9. The largest absolute Gasteiger partial charge is 0.314 e. The fraction of sp³-hybridized carbons (Fsp3) is 0.156. The highest BCUT2D eigenvalue weighted by atomic mass is 15.2. The molecule has 0 unspecified atom stereocenters. The van der Waals surface area contributed by atoms with E-state index in [2.05, 4.69) is 232 Å². The minimum absolute atomic E-state index is 0.0195. The van der Waals surface area contributed by atoms with Crippen LogP contribution in [0.3, 0.4) is 0 Å². The lowest BCUT2D eigenvalue weighted by atomic mass is 9.68. The molecule has 9 aromatic rings. The van der Waals surface area contributed by atoms with Crippen LogP contribution in [0.4, 0.5) is 22.7 Å². The van der Waals surface area contributed by atoms with Gasteiger partial charge in [0.25, 0.3) is 0 Å². The SMILES string of the molecule is CC1(C)C2=C(CCC=C2)N(c2ccc3c(-c4cccc5ccccc45)c4cc(N5c6ccccc6C(C)(C)c6ccccc65)ccc4c(-c4cccc5ccccc45)c3c2)C2=C1CCC=C2. The van der Waals surface area contributed by atoms with Gasteiger partial charge in [0.1, 0.15) is 0 Å². The molecule has 0 fully saturated rings. The first-order valence-corrected chi connectivity index (χ1v) is 23.9. The van der Waals surface area contributed by atoms with Crippen LogP contribution >= 0.6 is 0 Å². The summed E-state index contributed by atoms with van der Waals surface area (Å²) in [5.41, 5.74) is 18.2. The van der Waals surface area contributed by atoms with Gasteiger partial charge < -0.3 is 9.80 Å². The minimum atomic E-state index is -0.150. The fourth-order valence-corrected chi connectivity index (χ4v) is 12.4. The molecule has 0 saturated carbocycles. The Bertz CT molecular complexity index is 3600. The Morgan fingerprint density at radius 3 is 1.52 bits per heavy atom. The second-order valence-corrected chi connectivity index (χ2v) is 19.8. The van der Waals surface area contributed by atoms with Crippen molar-refractivity contribution in [3.63, 3.8) is 0 Å². The molecule has 4 aliphatic rings. The molecule has 13 rings (SSSR count). The summed E-state index contributed by atoms with van der Waals surface area (Å²) in [6, 6.07) is 64.3. The lowest BCUT2D eigenvalue weighted by Gasteiger charge is -2.46. The van der Waals surface area contributed by atoms with Gasteiger partial charge in [-0.05, 0) is 156 Å². The number of para-hydroxylation sites is 2. The molecule has 0 radical (unpaired) electrons. The third-order valence-corrected chi connectivity index (χ3v) is 15.6. The molecule has 0 atom stereocenters. The predicted molar refractivity (Wildman–Crippen MR) is 281 cm³/mol. The summed E-state index contributed by atoms with van der Waals surface area (Å²) >= 11 is 0. The summed E-state index contributed by atoms with van der Waals surface area (Å²) in [5, 5.41) is 10.0. The Morgan fingerprint density at radius 2 is 0.909 bits per heavy atom. The molecule has 318 valence electrons. The highest BCUT2D eigenvalue weighted by Crippen LogP contribution is 2.56. The molecule has 2 aliphatic heterocycles. The van der Waals surface area contributed by atoms with E-state index in [4.69, 9.17) is 0 Å². The zero-order valence-electron chi connectivity index (χ0n) is 38.2. The van der Waals surface area contributed by atoms with Gasteiger partial charge in [-0.15, -0.1) is 0 Å². The molecule has 0 bridgehead atoms. The van der Waals surface area contributed by atoms with E-state index in [0.717, 1.165) is 31.4 Å². The van der Waals surface area contributed by atoms with Crippen LogP contribution in [0.2, 0.25) is 0 Å². The normalized spacial score (nSPS) is 17.1. The van der Waals surface area contributed by atoms with Gasteiger partial charge in [-0.3, -0.25) is 0 Å². The molecule has 0 spiro atoms. The number of nitrogens with zero attached hydrogens (tertiary/aromatic N) is 2. The van der Waals surface area contributed by atoms with Crippen LogP contribution in [0.1, 0.15) is 64.5 Å². The molecular formula is C64H52N2. The number of hydrogen-bond donors (Lipinski definition) is 0. The third kappa shape index (κ3) is 5.61. The molecule has 9 aromatic carbocycles. The summed E-state index contributed by atoms with van der Waals surface area (Å²) in [5.74, 6) is 0. The maximum Gasteiger partial charge on any atom is 0.0502 e. The van der Waals surface area contributed by atoms with Crippen LogP contribution in [-0.2, 0) is 5.41 Å². The Hall–Kier alpha value is -7.42. The first kappa shape index (κ1) is 39.0. The summed E-state index contributed by atoms with van der Waals surface area (Å²) in [4.78, 5) is 5.15. The molecule has 0 aromatic heterocycles. The van der Waals surface area contributed by atoms with Crippen molar-refractivity contribution >= 4 is 65.8 Å². The summed E-state index contributed by atoms with van der Waals surface area (Å²) in [6.45, 7) is 9.63. The minimum Gasteiger partial charge on any atom is -0.314 e. The van der Waals surface area contributed by atoms with E-state index in [1.807, 2.05) is 0 Å². The predicted octanol–water partition coefficient (Wildman–Crippen LogP) is 17.8. The Balaban J connectivity index is 1.17. The van der Waals surface area contributed by atoms with Crippen LogP contribution in [-0.4, -0.2) is 0 Å². The van der Waals surface area contributed by atoms with Gasteiger partial charge >= 0.3 is 0 Å². The topological polar surface area (TPSA) is 6.48 Å². The van der Waals surface area contributed by atoms with E-state index in [0.29, 0.717) is 0 Å². The number of benzene rings is 9. The molecule has 2 heteroatoms. The Morgan fingerprint density at radius 1 is 0.409 bits per heavy atom. The van der Waals surface area contributed by atoms with E-state index >= 15 is 0 Å². The fourth-order valence-electron chi connectivity index (χ4n) is 12.4. The second kappa shape index (κ2) is 14.5. The van der Waals surface area contributed by atoms with E-state index in [1.165, 1.54) is 116 Å². The van der Waals surface area contributed by atoms with Crippen molar-refractivity contribution in [1.82, 2.24) is 0 Å². The number of fused-ring (bicyclic) bond motifs is 6. The van der Waals surface area contributed by atoms with E-state index in [1.54, 1.807) is 0 Å². The molecule has 0 saturated heterocycles. The Kier molecular flexibility index (Phi) is 8.59. The molecule has 0 N–H and O–H groups in total. The average Bonchev–Trinajstić information content (AvgIpc) is 3.36. The zero-order valence-corrected chi connectivity index (χ0v) is 38.2. The van der Waals surface area contributed by atoms with Crippen LogP contribution in [0.25, 0.3) is 65.3 Å². The molecule has 2 heterocycles. The van der Waals surface area contributed by atoms with Gasteiger partial charge in [-0.1, -0.05) is 179 Å². The van der Waals surface area contributed by atoms with Crippen molar-refractivity contribution in [3.05, 3.63) is 228 Å². The smallest absolute Gasteiger partial charge is 0.0502 e. The van der Waals surface area contributed by atoms with E-state index < -0.39 is 0 Å². The van der Waals surface area contributed by atoms with Crippen molar-refractivity contribution < 1.29 is 0 Å². The van der Waals surface area contributed by atoms with Crippen molar-refractivity contribution in [3.8, 4) is 22.3 Å². The van der Waals surface area contributed by atoms with Crippen molar-refractivity contribution in [2.45, 2.75) is 58.8 Å². The van der Waals surface area contributed by atoms with Gasteiger partial charge in [0.15, 0.2) is 0 Å². The van der Waals surface area contributed by atoms with Crippen molar-refractivity contribution in [1.29, 1.82) is 0 Å². The lowest BCUT2D eigenvalue weighted by molar-refractivity contribution is 0.492. The number of hydrogen-bond acceptors (Lipinski definition) is 2. The zero-order chi connectivity index (χ0) is 44.3. The standard InChI is InChI=1S/C64H52N2/c1-63(2)53-27-9-13-31-57(53)65(58-32-14-10-28-54(58)63)43-35-37-49-51(39-43)61(47-25-17-21-41-19-5-7-23-45(41)47)50-38-36-44(40-52(50)62(49)48-26-18-22-42-20-6-8-24-46(42)48)66-59-33-15-11-29-55(59)64(3,4)56-30-12-16-34-60(56)66/h5-11,13-14,16-29,31-32,34-40H,12,15,30,33H2,1-4H3. The van der Waals surface area contributed by atoms with E-state index in [-0.39, 0.29) is 10.8 Å². The highest BCUT2D eigenvalue weighted by Gasteiger charge is 2.40. The van der Waals surface area contributed by atoms with Gasteiger partial charge in [0.05, 0.1) is 11.4 Å². The monoisotopic (exact) mass is 848 g/mol. The second-order valence-electron chi connectivity index (χ2n) is 19.8. The third-order valence-electron chi connectivity index (χ3n) is 15.6. The van der Waals surface area contributed by atoms with Crippen LogP contribution in [0.5, 0.6) is 0 Å². The average molecular weight is 849 g/mol. The van der Waals surface area contributed by atoms with Crippen molar-refractivity contribution in [2.75, 3.05) is 9.80 Å². The van der Waals surface area contributed by atoms with Gasteiger partial charge in [-0.2, -0.15) is 0 Å². The quantitative estimate of drug-likeness (QED) is 0.163. The Labute approximate surface area is 388 Å². The van der Waals surface area contributed by atoms with Gasteiger partial charge in [-0.25, -0.2) is 0 Å². The molecule has 66 heavy (non-hydrogen) atoms. The van der Waals surface area contributed by atoms with Crippen LogP contribution in [0, 0.1) is 5.41 Å². The van der Waals surface area contributed by atoms with Gasteiger partial charge in [0.2, 0.25) is 0 Å². The maximum absolute atomic E-state index is 2.64. The van der Waals surface area contributed by atoms with Gasteiger partial charge in [0, 0.05) is 33.6 Å². The summed E-state index contributed by atoms with van der Waals surface area (Å²) in [7, 11) is 0. The number of allylic oxidation sites excluding steroid dienone is 7. The molecule has 2 nitrogen and oxygen atoms in total.